The van der Waals surface area contributed by atoms with Crippen LogP contribution in [0.5, 0.6) is 0 Å². The van der Waals surface area contributed by atoms with E-state index in [2.05, 4.69) is 9.97 Å². The fraction of sp³-hybridized carbons (Fsp3) is 0. The summed E-state index contributed by atoms with van der Waals surface area (Å²) in [6.07, 6.45) is 0. The summed E-state index contributed by atoms with van der Waals surface area (Å²) in [6.45, 7) is 0. The number of nitrogens with zero attached hydrogens (tertiary/aromatic N) is 2. The average molecular weight is 437 g/mol. The van der Waals surface area contributed by atoms with E-state index in [9.17, 15) is 9.59 Å². The van der Waals surface area contributed by atoms with E-state index in [4.69, 9.17) is 32.0 Å². The molecule has 5 rings (SSSR count). The molecule has 146 valence electrons. The molecule has 0 saturated heterocycles. The minimum absolute atomic E-state index is 0.114. The molecule has 3 aromatic carbocycles. The van der Waals surface area contributed by atoms with Crippen molar-refractivity contribution in [2.24, 2.45) is 0 Å². The number of aromatic nitrogens is 2. The summed E-state index contributed by atoms with van der Waals surface area (Å²) < 4.78 is 10.8. The summed E-state index contributed by atoms with van der Waals surface area (Å²) in [5, 5.41) is 1.58. The first-order valence-electron chi connectivity index (χ1n) is 8.79. The van der Waals surface area contributed by atoms with E-state index in [-0.39, 0.29) is 11.8 Å². The molecule has 5 aromatic rings. The summed E-state index contributed by atoms with van der Waals surface area (Å²) in [7, 11) is 0. The van der Waals surface area contributed by atoms with Crippen LogP contribution in [0.3, 0.4) is 0 Å². The van der Waals surface area contributed by atoms with Crippen molar-refractivity contribution in [3.05, 3.63) is 91.5 Å². The van der Waals surface area contributed by atoms with Gasteiger partial charge in [-0.15, -0.1) is 0 Å². The smallest absolute Gasteiger partial charge is 0.347 e. The molecule has 0 radical (unpaired) electrons. The van der Waals surface area contributed by atoms with Gasteiger partial charge in [0.05, 0.1) is 21.8 Å². The van der Waals surface area contributed by atoms with Gasteiger partial charge in [0.15, 0.2) is 0 Å². The van der Waals surface area contributed by atoms with Crippen molar-refractivity contribution in [1.29, 1.82) is 0 Å². The number of hydrogen-bond donors (Lipinski definition) is 0. The van der Waals surface area contributed by atoms with Gasteiger partial charge in [0.1, 0.15) is 0 Å². The topological polar surface area (TPSA) is 86.2 Å². The molecule has 0 N–H and O–H groups in total. The van der Waals surface area contributed by atoms with Gasteiger partial charge in [-0.1, -0.05) is 29.3 Å². The Hall–Kier alpha value is -3.48. The fourth-order valence-corrected chi connectivity index (χ4v) is 3.45. The van der Waals surface area contributed by atoms with Crippen molar-refractivity contribution >= 4 is 45.0 Å². The van der Waals surface area contributed by atoms with E-state index >= 15 is 0 Å². The number of benzene rings is 3. The molecule has 0 bridgehead atoms. The molecule has 8 heteroatoms. The predicted octanol–water partition coefficient (Wildman–Crippen LogP) is 5.33. The minimum Gasteiger partial charge on any atom is -0.403 e. The second kappa shape index (κ2) is 7.09. The molecule has 0 atom stereocenters. The first-order chi connectivity index (χ1) is 14.5. The molecule has 0 saturated carbocycles. The predicted molar refractivity (Wildman–Crippen MR) is 115 cm³/mol. The Morgan fingerprint density at radius 1 is 0.633 bits per heavy atom. The van der Waals surface area contributed by atoms with Crippen LogP contribution in [-0.4, -0.2) is 9.97 Å². The lowest BCUT2D eigenvalue weighted by atomic mass is 10.1. The number of halogens is 2. The SMILES string of the molecule is O=c1oc(-c2cccc(-c3nc4cc(Cl)ccc4c(=O)o3)c2)nc2cc(Cl)ccc12. The Balaban J connectivity index is 1.67. The molecule has 2 heterocycles. The molecular weight excluding hydrogens is 427 g/mol. The average Bonchev–Trinajstić information content (AvgIpc) is 2.73. The van der Waals surface area contributed by atoms with Crippen molar-refractivity contribution in [3.63, 3.8) is 0 Å². The Morgan fingerprint density at radius 2 is 1.10 bits per heavy atom. The molecule has 6 nitrogen and oxygen atoms in total. The van der Waals surface area contributed by atoms with Crippen LogP contribution in [0.15, 0.2) is 79.1 Å². The molecule has 0 unspecified atom stereocenters. The highest BCUT2D eigenvalue weighted by Gasteiger charge is 2.13. The first-order valence-corrected chi connectivity index (χ1v) is 9.55. The van der Waals surface area contributed by atoms with Gasteiger partial charge >= 0.3 is 11.3 Å². The maximum Gasteiger partial charge on any atom is 0.347 e. The number of hydrogen-bond acceptors (Lipinski definition) is 6. The van der Waals surface area contributed by atoms with Crippen LogP contribution in [0.2, 0.25) is 10.0 Å². The zero-order valence-corrected chi connectivity index (χ0v) is 16.6. The van der Waals surface area contributed by atoms with Gasteiger partial charge < -0.3 is 8.83 Å². The summed E-state index contributed by atoms with van der Waals surface area (Å²) >= 11 is 12.0. The third-order valence-corrected chi connectivity index (χ3v) is 5.01. The van der Waals surface area contributed by atoms with E-state index in [1.54, 1.807) is 60.7 Å². The van der Waals surface area contributed by atoms with Crippen LogP contribution in [0.25, 0.3) is 44.7 Å². The van der Waals surface area contributed by atoms with Crippen LogP contribution in [0.4, 0.5) is 0 Å². The molecule has 30 heavy (non-hydrogen) atoms. The van der Waals surface area contributed by atoms with Crippen molar-refractivity contribution in [2.75, 3.05) is 0 Å². The summed E-state index contributed by atoms with van der Waals surface area (Å²) in [4.78, 5) is 33.5. The van der Waals surface area contributed by atoms with Gasteiger partial charge in [-0.05, 0) is 54.6 Å². The van der Waals surface area contributed by atoms with E-state index < -0.39 is 11.3 Å². The molecule has 0 fully saturated rings. The van der Waals surface area contributed by atoms with Crippen molar-refractivity contribution in [2.45, 2.75) is 0 Å². The zero-order chi connectivity index (χ0) is 20.8. The van der Waals surface area contributed by atoms with Crippen LogP contribution in [0, 0.1) is 0 Å². The Morgan fingerprint density at radius 3 is 1.57 bits per heavy atom. The van der Waals surface area contributed by atoms with Gasteiger partial charge in [-0.3, -0.25) is 0 Å². The molecule has 0 spiro atoms. The van der Waals surface area contributed by atoms with Gasteiger partial charge in [0.2, 0.25) is 11.8 Å². The maximum absolute atomic E-state index is 12.3. The summed E-state index contributed by atoms with van der Waals surface area (Å²) in [6, 6.07) is 16.4. The lowest BCUT2D eigenvalue weighted by molar-refractivity contribution is 0.516. The Kier molecular flexibility index (Phi) is 4.38. The zero-order valence-electron chi connectivity index (χ0n) is 15.1. The third-order valence-electron chi connectivity index (χ3n) is 4.54. The van der Waals surface area contributed by atoms with Crippen LogP contribution >= 0.6 is 23.2 Å². The van der Waals surface area contributed by atoms with Crippen molar-refractivity contribution in [1.82, 2.24) is 9.97 Å². The van der Waals surface area contributed by atoms with Gasteiger partial charge in [-0.25, -0.2) is 19.6 Å². The minimum atomic E-state index is -0.526. The molecule has 0 amide bonds. The summed E-state index contributed by atoms with van der Waals surface area (Å²) in [5.74, 6) is 0.227. The summed E-state index contributed by atoms with van der Waals surface area (Å²) in [5.41, 5.74) is 0.821. The molecule has 2 aromatic heterocycles. The van der Waals surface area contributed by atoms with Crippen LogP contribution in [-0.2, 0) is 0 Å². The Bertz CT molecular complexity index is 1460. The third kappa shape index (κ3) is 3.26. The number of rotatable bonds is 2. The van der Waals surface area contributed by atoms with E-state index in [0.717, 1.165) is 0 Å². The quantitative estimate of drug-likeness (QED) is 0.371. The number of fused-ring (bicyclic) bond motifs is 2. The van der Waals surface area contributed by atoms with Crippen molar-refractivity contribution < 1.29 is 8.83 Å². The van der Waals surface area contributed by atoms with E-state index in [1.807, 2.05) is 0 Å². The Labute approximate surface area is 178 Å². The fourth-order valence-electron chi connectivity index (χ4n) is 3.12. The molecule has 0 aliphatic rings. The second-order valence-corrected chi connectivity index (χ2v) is 7.39. The normalized spacial score (nSPS) is 11.3. The van der Waals surface area contributed by atoms with Crippen LogP contribution in [0.1, 0.15) is 0 Å². The maximum atomic E-state index is 12.3. The van der Waals surface area contributed by atoms with E-state index in [1.165, 1.54) is 0 Å². The highest BCUT2D eigenvalue weighted by Crippen LogP contribution is 2.26. The standard InChI is InChI=1S/C22H10Cl2N2O4/c23-13-4-6-15-17(9-13)25-19(29-21(15)27)11-2-1-3-12(8-11)20-26-18-10-14(24)5-7-16(18)22(28)30-20/h1-10H. The van der Waals surface area contributed by atoms with E-state index in [0.29, 0.717) is 43.0 Å². The largest absolute Gasteiger partial charge is 0.403 e. The van der Waals surface area contributed by atoms with Crippen LogP contribution < -0.4 is 11.3 Å². The van der Waals surface area contributed by atoms with Gasteiger partial charge in [0.25, 0.3) is 0 Å². The highest BCUT2D eigenvalue weighted by atomic mass is 35.5. The monoisotopic (exact) mass is 436 g/mol. The van der Waals surface area contributed by atoms with Crippen molar-refractivity contribution in [3.8, 4) is 22.9 Å². The molecule has 0 aliphatic carbocycles. The second-order valence-electron chi connectivity index (χ2n) is 6.52. The lowest BCUT2D eigenvalue weighted by Gasteiger charge is -2.05. The van der Waals surface area contributed by atoms with Gasteiger partial charge in [-0.2, -0.15) is 0 Å². The molecular formula is C22H10Cl2N2O4. The molecule has 0 aliphatic heterocycles. The highest BCUT2D eigenvalue weighted by molar-refractivity contribution is 6.31. The van der Waals surface area contributed by atoms with Gasteiger partial charge in [0, 0.05) is 21.2 Å². The lowest BCUT2D eigenvalue weighted by Crippen LogP contribution is -2.04. The first kappa shape index (κ1) is 18.5.